The van der Waals surface area contributed by atoms with Gasteiger partial charge in [0.05, 0.1) is 0 Å². The maximum absolute atomic E-state index is 3.71. The average Bonchev–Trinajstić information content (AvgIpc) is 2.68. The summed E-state index contributed by atoms with van der Waals surface area (Å²) in [5.41, 5.74) is 2.65. The highest BCUT2D eigenvalue weighted by molar-refractivity contribution is 5.45. The van der Waals surface area contributed by atoms with Crippen molar-refractivity contribution in [3.63, 3.8) is 0 Å². The van der Waals surface area contributed by atoms with Crippen LogP contribution in [0.1, 0.15) is 32.3 Å². The van der Waals surface area contributed by atoms with E-state index in [9.17, 15) is 0 Å². The van der Waals surface area contributed by atoms with Crippen LogP contribution >= 0.6 is 0 Å². The fourth-order valence-corrected chi connectivity index (χ4v) is 2.81. The Balaban J connectivity index is 1.87. The van der Waals surface area contributed by atoms with E-state index < -0.39 is 0 Å². The molecule has 0 saturated heterocycles. The maximum atomic E-state index is 3.71. The fourth-order valence-electron chi connectivity index (χ4n) is 2.81. The minimum Gasteiger partial charge on any atom is -0.378 e. The highest BCUT2D eigenvalue weighted by Gasteiger charge is 2.28. The van der Waals surface area contributed by atoms with Crippen LogP contribution in [0.3, 0.4) is 0 Å². The summed E-state index contributed by atoms with van der Waals surface area (Å²) in [4.78, 5) is 2.14. The normalized spacial score (nSPS) is 27.4. The fraction of sp³-hybridized carbons (Fsp3) is 0.625. The zero-order valence-electron chi connectivity index (χ0n) is 12.1. The van der Waals surface area contributed by atoms with Gasteiger partial charge in [0.25, 0.3) is 0 Å². The van der Waals surface area contributed by atoms with Gasteiger partial charge in [0, 0.05) is 32.4 Å². The highest BCUT2D eigenvalue weighted by atomic mass is 15.1. The minimum atomic E-state index is 0.702. The Kier molecular flexibility index (Phi) is 4.28. The predicted molar refractivity (Wildman–Crippen MR) is 79.0 cm³/mol. The van der Waals surface area contributed by atoms with E-state index in [1.165, 1.54) is 24.1 Å². The smallest absolute Gasteiger partial charge is 0.0361 e. The van der Waals surface area contributed by atoms with Crippen LogP contribution in [-0.2, 0) is 6.54 Å². The van der Waals surface area contributed by atoms with Crippen molar-refractivity contribution in [1.82, 2.24) is 5.32 Å². The molecule has 100 valence electrons. The second-order valence-electron chi connectivity index (χ2n) is 5.96. The summed E-state index contributed by atoms with van der Waals surface area (Å²) in [6, 6.07) is 9.54. The number of hydrogen-bond acceptors (Lipinski definition) is 2. The van der Waals surface area contributed by atoms with Crippen LogP contribution in [0.25, 0.3) is 0 Å². The first-order valence-corrected chi connectivity index (χ1v) is 7.07. The van der Waals surface area contributed by atoms with Gasteiger partial charge in [-0.3, -0.25) is 0 Å². The first-order valence-electron chi connectivity index (χ1n) is 7.07. The van der Waals surface area contributed by atoms with E-state index in [1.807, 2.05) is 0 Å². The molecule has 1 N–H and O–H groups in total. The first kappa shape index (κ1) is 13.4. The zero-order chi connectivity index (χ0) is 13.1. The van der Waals surface area contributed by atoms with Crippen LogP contribution in [0.2, 0.25) is 0 Å². The summed E-state index contributed by atoms with van der Waals surface area (Å²) in [5.74, 6) is 1.68. The van der Waals surface area contributed by atoms with Crippen molar-refractivity contribution < 1.29 is 0 Å². The van der Waals surface area contributed by atoms with Gasteiger partial charge in [-0.05, 0) is 42.4 Å². The van der Waals surface area contributed by atoms with Crippen LogP contribution in [0.15, 0.2) is 24.3 Å². The molecular formula is C16H26N2. The number of hydrogen-bond donors (Lipinski definition) is 1. The average molecular weight is 246 g/mol. The van der Waals surface area contributed by atoms with Crippen molar-refractivity contribution in [3.05, 3.63) is 29.8 Å². The van der Waals surface area contributed by atoms with Gasteiger partial charge in [-0.15, -0.1) is 0 Å². The minimum absolute atomic E-state index is 0.702. The highest BCUT2D eigenvalue weighted by Crippen LogP contribution is 2.31. The van der Waals surface area contributed by atoms with E-state index in [-0.39, 0.29) is 0 Å². The van der Waals surface area contributed by atoms with Crippen molar-refractivity contribution in [2.75, 3.05) is 19.0 Å². The largest absolute Gasteiger partial charge is 0.378 e. The van der Waals surface area contributed by atoms with Crippen molar-refractivity contribution in [1.29, 1.82) is 0 Å². The maximum Gasteiger partial charge on any atom is 0.0361 e. The Morgan fingerprint density at radius 1 is 1.11 bits per heavy atom. The van der Waals surface area contributed by atoms with Crippen LogP contribution in [0.5, 0.6) is 0 Å². The molecule has 0 aromatic heterocycles. The Hall–Kier alpha value is -1.02. The van der Waals surface area contributed by atoms with Gasteiger partial charge >= 0.3 is 0 Å². The van der Waals surface area contributed by atoms with Gasteiger partial charge in [0.1, 0.15) is 0 Å². The molecule has 1 aliphatic rings. The summed E-state index contributed by atoms with van der Waals surface area (Å²) in [6.45, 7) is 5.75. The molecule has 18 heavy (non-hydrogen) atoms. The lowest BCUT2D eigenvalue weighted by Gasteiger charge is -2.20. The van der Waals surface area contributed by atoms with E-state index in [4.69, 9.17) is 0 Å². The van der Waals surface area contributed by atoms with E-state index in [0.29, 0.717) is 6.04 Å². The molecule has 0 aliphatic heterocycles. The number of benzene rings is 1. The molecule has 1 aliphatic carbocycles. The lowest BCUT2D eigenvalue weighted by atomic mass is 9.97. The summed E-state index contributed by atoms with van der Waals surface area (Å²) < 4.78 is 0. The summed E-state index contributed by atoms with van der Waals surface area (Å²) in [6.07, 6.45) is 2.70. The van der Waals surface area contributed by atoms with Gasteiger partial charge < -0.3 is 10.2 Å². The Bertz CT molecular complexity index is 369. The standard InChI is InChI=1S/C16H26N2/c1-12-5-10-16(13(12)2)17-11-14-6-8-15(9-7-14)18(3)4/h6-9,12-13,16-17H,5,10-11H2,1-4H3. The second kappa shape index (κ2) is 5.75. The molecule has 0 amide bonds. The lowest BCUT2D eigenvalue weighted by molar-refractivity contribution is 0.370. The molecule has 1 aromatic rings. The molecular weight excluding hydrogens is 220 g/mol. The van der Waals surface area contributed by atoms with Crippen molar-refractivity contribution in [3.8, 4) is 0 Å². The van der Waals surface area contributed by atoms with Crippen molar-refractivity contribution >= 4 is 5.69 Å². The molecule has 3 atom stereocenters. The molecule has 1 aromatic carbocycles. The molecule has 2 rings (SSSR count). The third kappa shape index (κ3) is 3.05. The third-order valence-corrected chi connectivity index (χ3v) is 4.49. The van der Waals surface area contributed by atoms with Crippen molar-refractivity contribution in [2.24, 2.45) is 11.8 Å². The van der Waals surface area contributed by atoms with E-state index >= 15 is 0 Å². The van der Waals surface area contributed by atoms with Gasteiger partial charge in [0.2, 0.25) is 0 Å². The molecule has 1 fully saturated rings. The van der Waals surface area contributed by atoms with Crippen LogP contribution < -0.4 is 10.2 Å². The summed E-state index contributed by atoms with van der Waals surface area (Å²) in [7, 11) is 4.16. The summed E-state index contributed by atoms with van der Waals surface area (Å²) >= 11 is 0. The van der Waals surface area contributed by atoms with Crippen LogP contribution in [0, 0.1) is 11.8 Å². The molecule has 0 radical (unpaired) electrons. The Labute approximate surface area is 111 Å². The molecule has 2 nitrogen and oxygen atoms in total. The third-order valence-electron chi connectivity index (χ3n) is 4.49. The monoisotopic (exact) mass is 246 g/mol. The predicted octanol–water partition coefficient (Wildman–Crippen LogP) is 3.28. The van der Waals surface area contributed by atoms with Gasteiger partial charge in [-0.2, -0.15) is 0 Å². The topological polar surface area (TPSA) is 15.3 Å². The van der Waals surface area contributed by atoms with Crippen LogP contribution in [0.4, 0.5) is 5.69 Å². The number of anilines is 1. The number of rotatable bonds is 4. The van der Waals surface area contributed by atoms with Crippen LogP contribution in [-0.4, -0.2) is 20.1 Å². The van der Waals surface area contributed by atoms with E-state index in [0.717, 1.165) is 18.4 Å². The zero-order valence-corrected chi connectivity index (χ0v) is 12.1. The SMILES string of the molecule is CC1CCC(NCc2ccc(N(C)C)cc2)C1C. The first-order chi connectivity index (χ1) is 8.58. The summed E-state index contributed by atoms with van der Waals surface area (Å²) in [5, 5.41) is 3.71. The van der Waals surface area contributed by atoms with Gasteiger partial charge in [-0.25, -0.2) is 0 Å². The van der Waals surface area contributed by atoms with E-state index in [2.05, 4.69) is 62.4 Å². The molecule has 2 heteroatoms. The second-order valence-corrected chi connectivity index (χ2v) is 5.96. The molecule has 0 heterocycles. The van der Waals surface area contributed by atoms with Crippen molar-refractivity contribution in [2.45, 2.75) is 39.3 Å². The quantitative estimate of drug-likeness (QED) is 0.877. The van der Waals surface area contributed by atoms with Gasteiger partial charge in [0.15, 0.2) is 0 Å². The lowest BCUT2D eigenvalue weighted by Crippen LogP contribution is -2.31. The van der Waals surface area contributed by atoms with E-state index in [1.54, 1.807) is 0 Å². The molecule has 0 bridgehead atoms. The van der Waals surface area contributed by atoms with Gasteiger partial charge in [-0.1, -0.05) is 26.0 Å². The number of nitrogens with one attached hydrogen (secondary N) is 1. The molecule has 1 saturated carbocycles. The molecule has 3 unspecified atom stereocenters. The Morgan fingerprint density at radius 2 is 1.78 bits per heavy atom. The Morgan fingerprint density at radius 3 is 2.28 bits per heavy atom. The number of nitrogens with zero attached hydrogens (tertiary/aromatic N) is 1. The molecule has 0 spiro atoms.